The number of ether oxygens (including phenoxy) is 1. The summed E-state index contributed by atoms with van der Waals surface area (Å²) in [5.41, 5.74) is 8.30. The summed E-state index contributed by atoms with van der Waals surface area (Å²) in [5, 5.41) is 5.26. The zero-order valence-electron chi connectivity index (χ0n) is 11.9. The highest BCUT2D eigenvalue weighted by Crippen LogP contribution is 2.28. The molecule has 4 heteroatoms. The fourth-order valence-electron chi connectivity index (χ4n) is 2.32. The molecule has 3 aromatic rings. The average molecular weight is 298 g/mol. The van der Waals surface area contributed by atoms with E-state index in [1.807, 2.05) is 30.3 Å². The van der Waals surface area contributed by atoms with E-state index in [2.05, 4.69) is 28.7 Å². The van der Waals surface area contributed by atoms with E-state index < -0.39 is 0 Å². The van der Waals surface area contributed by atoms with Gasteiger partial charge in [-0.2, -0.15) is 11.3 Å². The number of hydrogen-bond donors (Lipinski definition) is 1. The van der Waals surface area contributed by atoms with Crippen molar-refractivity contribution in [2.75, 3.05) is 0 Å². The Morgan fingerprint density at radius 1 is 1.29 bits per heavy atom. The molecule has 0 aliphatic rings. The number of rotatable bonds is 5. The summed E-state index contributed by atoms with van der Waals surface area (Å²) in [6.45, 7) is 2.08. The van der Waals surface area contributed by atoms with E-state index in [1.54, 1.807) is 17.5 Å². The lowest BCUT2D eigenvalue weighted by atomic mass is 10.0. The third kappa shape index (κ3) is 3.06. The molecule has 0 spiro atoms. The molecule has 0 saturated heterocycles. The van der Waals surface area contributed by atoms with Crippen molar-refractivity contribution in [1.29, 1.82) is 0 Å². The van der Waals surface area contributed by atoms with Gasteiger partial charge in [-0.25, -0.2) is 0 Å². The van der Waals surface area contributed by atoms with Gasteiger partial charge in [-0.05, 0) is 41.4 Å². The molecule has 2 heterocycles. The van der Waals surface area contributed by atoms with Crippen LogP contribution in [0.4, 0.5) is 0 Å². The lowest BCUT2D eigenvalue weighted by Crippen LogP contribution is -2.31. The second kappa shape index (κ2) is 6.24. The molecule has 3 nitrogen and oxygen atoms in total. The van der Waals surface area contributed by atoms with Crippen molar-refractivity contribution in [3.63, 3.8) is 0 Å². The van der Waals surface area contributed by atoms with Crippen LogP contribution in [0.1, 0.15) is 25.0 Å². The van der Waals surface area contributed by atoms with Gasteiger partial charge in [-0.1, -0.05) is 13.0 Å². The first-order valence-electron chi connectivity index (χ1n) is 7.07. The predicted molar refractivity (Wildman–Crippen MR) is 87.7 cm³/mol. The van der Waals surface area contributed by atoms with Crippen molar-refractivity contribution >= 4 is 22.2 Å². The molecule has 2 aromatic heterocycles. The zero-order chi connectivity index (χ0) is 14.7. The van der Waals surface area contributed by atoms with Crippen molar-refractivity contribution in [2.45, 2.75) is 25.5 Å². The SMILES string of the molecule is CCC(N)C(Oc1ccc2cccnc2c1)c1ccsc1. The van der Waals surface area contributed by atoms with Crippen LogP contribution in [0.2, 0.25) is 0 Å². The quantitative estimate of drug-likeness (QED) is 0.769. The number of aromatic nitrogens is 1. The highest BCUT2D eigenvalue weighted by Gasteiger charge is 2.21. The van der Waals surface area contributed by atoms with Crippen LogP contribution >= 0.6 is 11.3 Å². The molecule has 0 amide bonds. The number of hydrogen-bond acceptors (Lipinski definition) is 4. The normalized spacial score (nSPS) is 14.0. The van der Waals surface area contributed by atoms with Gasteiger partial charge < -0.3 is 10.5 Å². The molecule has 3 rings (SSSR count). The highest BCUT2D eigenvalue weighted by atomic mass is 32.1. The van der Waals surface area contributed by atoms with Crippen LogP contribution in [-0.4, -0.2) is 11.0 Å². The first-order chi connectivity index (χ1) is 10.3. The second-order valence-electron chi connectivity index (χ2n) is 5.03. The maximum atomic E-state index is 6.23. The Labute approximate surface area is 128 Å². The first-order valence-corrected chi connectivity index (χ1v) is 8.01. The van der Waals surface area contributed by atoms with Crippen LogP contribution < -0.4 is 10.5 Å². The van der Waals surface area contributed by atoms with Gasteiger partial charge in [0.25, 0.3) is 0 Å². The van der Waals surface area contributed by atoms with Crippen LogP contribution in [0.25, 0.3) is 10.9 Å². The minimum absolute atomic E-state index is 0.0287. The maximum Gasteiger partial charge on any atom is 0.140 e. The molecule has 2 atom stereocenters. The largest absolute Gasteiger partial charge is 0.484 e. The third-order valence-corrected chi connectivity index (χ3v) is 4.27. The monoisotopic (exact) mass is 298 g/mol. The Bertz CT molecular complexity index is 712. The van der Waals surface area contributed by atoms with E-state index in [1.165, 1.54) is 0 Å². The molecule has 0 bridgehead atoms. The summed E-state index contributed by atoms with van der Waals surface area (Å²) in [6, 6.07) is 12.0. The summed E-state index contributed by atoms with van der Waals surface area (Å²) < 4.78 is 6.16. The molecule has 108 valence electrons. The van der Waals surface area contributed by atoms with Crippen LogP contribution in [-0.2, 0) is 0 Å². The van der Waals surface area contributed by atoms with Gasteiger partial charge in [-0.15, -0.1) is 0 Å². The molecule has 0 saturated carbocycles. The Morgan fingerprint density at radius 3 is 2.95 bits per heavy atom. The van der Waals surface area contributed by atoms with Crippen LogP contribution in [0.3, 0.4) is 0 Å². The molecule has 2 unspecified atom stereocenters. The van der Waals surface area contributed by atoms with Crippen molar-refractivity contribution in [3.05, 3.63) is 58.9 Å². The molecule has 0 aliphatic heterocycles. The second-order valence-corrected chi connectivity index (χ2v) is 5.81. The Kier molecular flexibility index (Phi) is 4.18. The molecule has 1 aromatic carbocycles. The smallest absolute Gasteiger partial charge is 0.140 e. The zero-order valence-corrected chi connectivity index (χ0v) is 12.7. The van der Waals surface area contributed by atoms with Crippen LogP contribution in [0, 0.1) is 0 Å². The van der Waals surface area contributed by atoms with Gasteiger partial charge in [0, 0.05) is 29.3 Å². The molecular weight excluding hydrogens is 280 g/mol. The molecule has 0 fully saturated rings. The Hall–Kier alpha value is -1.91. The van der Waals surface area contributed by atoms with E-state index in [-0.39, 0.29) is 12.1 Å². The number of fused-ring (bicyclic) bond motifs is 1. The van der Waals surface area contributed by atoms with Crippen molar-refractivity contribution in [2.24, 2.45) is 5.73 Å². The summed E-state index contributed by atoms with van der Waals surface area (Å²) in [4.78, 5) is 4.37. The van der Waals surface area contributed by atoms with Crippen molar-refractivity contribution in [1.82, 2.24) is 4.98 Å². The lowest BCUT2D eigenvalue weighted by Gasteiger charge is -2.23. The molecular formula is C17H18N2OS. The molecule has 21 heavy (non-hydrogen) atoms. The van der Waals surface area contributed by atoms with Gasteiger partial charge in [0.1, 0.15) is 11.9 Å². The van der Waals surface area contributed by atoms with Gasteiger partial charge in [0.15, 0.2) is 0 Å². The molecule has 0 radical (unpaired) electrons. The predicted octanol–water partition coefficient (Wildman–Crippen LogP) is 4.15. The Balaban J connectivity index is 1.90. The van der Waals surface area contributed by atoms with Crippen molar-refractivity contribution < 1.29 is 4.74 Å². The summed E-state index contributed by atoms with van der Waals surface area (Å²) in [6.07, 6.45) is 2.54. The summed E-state index contributed by atoms with van der Waals surface area (Å²) in [7, 11) is 0. The van der Waals surface area contributed by atoms with Gasteiger partial charge in [-0.3, -0.25) is 4.98 Å². The third-order valence-electron chi connectivity index (χ3n) is 3.57. The van der Waals surface area contributed by atoms with E-state index in [9.17, 15) is 0 Å². The van der Waals surface area contributed by atoms with Crippen LogP contribution in [0.5, 0.6) is 5.75 Å². The minimum atomic E-state index is -0.123. The summed E-state index contributed by atoms with van der Waals surface area (Å²) in [5.74, 6) is 0.807. The van der Waals surface area contributed by atoms with Gasteiger partial charge in [0.2, 0.25) is 0 Å². The fourth-order valence-corrected chi connectivity index (χ4v) is 3.00. The number of thiophene rings is 1. The number of nitrogens with zero attached hydrogens (tertiary/aromatic N) is 1. The van der Waals surface area contributed by atoms with E-state index in [0.29, 0.717) is 0 Å². The lowest BCUT2D eigenvalue weighted by molar-refractivity contribution is 0.171. The number of pyridine rings is 1. The first kappa shape index (κ1) is 14.0. The minimum Gasteiger partial charge on any atom is -0.484 e. The topological polar surface area (TPSA) is 48.1 Å². The number of nitrogens with two attached hydrogens (primary N) is 1. The van der Waals surface area contributed by atoms with E-state index in [0.717, 1.165) is 28.6 Å². The average Bonchev–Trinajstić information content (AvgIpc) is 3.06. The van der Waals surface area contributed by atoms with E-state index in [4.69, 9.17) is 10.5 Å². The highest BCUT2D eigenvalue weighted by molar-refractivity contribution is 7.07. The molecule has 0 aliphatic carbocycles. The van der Waals surface area contributed by atoms with Crippen LogP contribution in [0.15, 0.2) is 53.4 Å². The summed E-state index contributed by atoms with van der Waals surface area (Å²) >= 11 is 1.66. The standard InChI is InChI=1S/C17H18N2OS/c1-2-15(18)17(13-7-9-21-11-13)20-14-6-5-12-4-3-8-19-16(12)10-14/h3-11,15,17H,2,18H2,1H3. The van der Waals surface area contributed by atoms with Gasteiger partial charge in [0.05, 0.1) is 5.52 Å². The fraction of sp³-hybridized carbons (Fsp3) is 0.235. The number of benzene rings is 1. The van der Waals surface area contributed by atoms with Gasteiger partial charge >= 0.3 is 0 Å². The Morgan fingerprint density at radius 2 is 2.19 bits per heavy atom. The maximum absolute atomic E-state index is 6.23. The molecule has 2 N–H and O–H groups in total. The van der Waals surface area contributed by atoms with E-state index >= 15 is 0 Å². The van der Waals surface area contributed by atoms with Crippen molar-refractivity contribution in [3.8, 4) is 5.75 Å².